The van der Waals surface area contributed by atoms with Crippen LogP contribution in [0, 0.1) is 0 Å². The van der Waals surface area contributed by atoms with Gasteiger partial charge in [0.25, 0.3) is 5.91 Å². The zero-order valence-corrected chi connectivity index (χ0v) is 15.3. The van der Waals surface area contributed by atoms with Crippen molar-refractivity contribution >= 4 is 23.2 Å². The fraction of sp³-hybridized carbons (Fsp3) is 0.316. The Kier molecular flexibility index (Phi) is 6.95. The first kappa shape index (κ1) is 18.9. The molecule has 1 N–H and O–H groups in total. The Hall–Kier alpha value is -2.40. The summed E-state index contributed by atoms with van der Waals surface area (Å²) in [6.07, 6.45) is 0.0282. The minimum Gasteiger partial charge on any atom is -0.494 e. The summed E-state index contributed by atoms with van der Waals surface area (Å²) in [5.41, 5.74) is 0.585. The minimum absolute atomic E-state index is 0.0282. The molecular formula is C19H22ClNO4. The Morgan fingerprint density at radius 2 is 1.72 bits per heavy atom. The number of hydrogen-bond acceptors (Lipinski definition) is 4. The van der Waals surface area contributed by atoms with E-state index in [0.717, 1.165) is 5.75 Å². The summed E-state index contributed by atoms with van der Waals surface area (Å²) in [6.45, 7) is 6.26. The number of hydrogen-bond donors (Lipinski definition) is 1. The van der Waals surface area contributed by atoms with Gasteiger partial charge in [-0.1, -0.05) is 11.6 Å². The van der Waals surface area contributed by atoms with Gasteiger partial charge in [-0.2, -0.15) is 0 Å². The smallest absolute Gasteiger partial charge is 0.262 e. The second-order valence-corrected chi connectivity index (χ2v) is 5.96. The van der Waals surface area contributed by atoms with Gasteiger partial charge in [0.1, 0.15) is 17.2 Å². The highest BCUT2D eigenvalue weighted by Crippen LogP contribution is 2.28. The average molecular weight is 364 g/mol. The van der Waals surface area contributed by atoms with E-state index in [9.17, 15) is 4.79 Å². The van der Waals surface area contributed by atoms with Crippen molar-refractivity contribution in [3.8, 4) is 17.2 Å². The van der Waals surface area contributed by atoms with Crippen LogP contribution in [-0.4, -0.2) is 25.2 Å². The minimum atomic E-state index is -0.275. The molecule has 0 radical (unpaired) electrons. The summed E-state index contributed by atoms with van der Waals surface area (Å²) >= 11 is 6.15. The largest absolute Gasteiger partial charge is 0.494 e. The molecule has 2 aromatic carbocycles. The van der Waals surface area contributed by atoms with Crippen molar-refractivity contribution in [2.24, 2.45) is 0 Å². The van der Waals surface area contributed by atoms with Crippen molar-refractivity contribution in [3.63, 3.8) is 0 Å². The van der Waals surface area contributed by atoms with Gasteiger partial charge in [-0.15, -0.1) is 0 Å². The third-order valence-electron chi connectivity index (χ3n) is 3.08. The predicted octanol–water partition coefficient (Wildman–Crippen LogP) is 4.54. The van der Waals surface area contributed by atoms with E-state index in [0.29, 0.717) is 28.8 Å². The maximum Gasteiger partial charge on any atom is 0.262 e. The molecule has 2 aromatic rings. The maximum absolute atomic E-state index is 12.0. The van der Waals surface area contributed by atoms with Gasteiger partial charge < -0.3 is 19.5 Å². The van der Waals surface area contributed by atoms with Gasteiger partial charge in [-0.25, -0.2) is 0 Å². The van der Waals surface area contributed by atoms with Crippen LogP contribution in [0.15, 0.2) is 42.5 Å². The van der Waals surface area contributed by atoms with Crippen molar-refractivity contribution < 1.29 is 19.0 Å². The number of amides is 1. The lowest BCUT2D eigenvalue weighted by Crippen LogP contribution is -2.20. The predicted molar refractivity (Wildman–Crippen MR) is 99.0 cm³/mol. The van der Waals surface area contributed by atoms with Crippen LogP contribution in [0.25, 0.3) is 0 Å². The van der Waals surface area contributed by atoms with Crippen LogP contribution in [0.1, 0.15) is 20.8 Å². The van der Waals surface area contributed by atoms with Crippen LogP contribution in [0.2, 0.25) is 5.02 Å². The number of halogens is 1. The van der Waals surface area contributed by atoms with Crippen LogP contribution in [-0.2, 0) is 4.79 Å². The second-order valence-electron chi connectivity index (χ2n) is 5.55. The Morgan fingerprint density at radius 3 is 2.28 bits per heavy atom. The van der Waals surface area contributed by atoms with Crippen molar-refractivity contribution in [2.75, 3.05) is 18.5 Å². The van der Waals surface area contributed by atoms with Crippen LogP contribution in [0.5, 0.6) is 17.2 Å². The molecule has 0 heterocycles. The van der Waals surface area contributed by atoms with Gasteiger partial charge in [-0.3, -0.25) is 4.79 Å². The summed E-state index contributed by atoms with van der Waals surface area (Å²) in [5.74, 6) is 1.66. The number of anilines is 1. The molecule has 0 saturated carbocycles. The fourth-order valence-corrected chi connectivity index (χ4v) is 2.30. The van der Waals surface area contributed by atoms with Crippen LogP contribution >= 0.6 is 11.6 Å². The maximum atomic E-state index is 12.0. The molecule has 0 spiro atoms. The molecule has 0 saturated heterocycles. The summed E-state index contributed by atoms with van der Waals surface area (Å²) in [7, 11) is 0. The molecule has 0 bridgehead atoms. The monoisotopic (exact) mass is 363 g/mol. The van der Waals surface area contributed by atoms with Gasteiger partial charge in [-0.05, 0) is 63.2 Å². The summed E-state index contributed by atoms with van der Waals surface area (Å²) in [6, 6.07) is 12.2. The first-order valence-electron chi connectivity index (χ1n) is 8.09. The molecule has 134 valence electrons. The second kappa shape index (κ2) is 9.18. The van der Waals surface area contributed by atoms with E-state index < -0.39 is 0 Å². The van der Waals surface area contributed by atoms with E-state index in [1.165, 1.54) is 0 Å². The average Bonchev–Trinajstić information content (AvgIpc) is 2.57. The molecule has 0 aliphatic carbocycles. The standard InChI is InChI=1S/C19H22ClNO4/c1-4-23-15-6-8-16(9-7-15)24-12-19(22)21-14-5-10-18(17(20)11-14)25-13(2)3/h5-11,13H,4,12H2,1-3H3,(H,21,22). The van der Waals surface area contributed by atoms with Crippen molar-refractivity contribution in [1.82, 2.24) is 0 Å². The highest BCUT2D eigenvalue weighted by molar-refractivity contribution is 6.32. The Morgan fingerprint density at radius 1 is 1.08 bits per heavy atom. The van der Waals surface area contributed by atoms with Crippen molar-refractivity contribution in [2.45, 2.75) is 26.9 Å². The molecule has 6 heteroatoms. The third-order valence-corrected chi connectivity index (χ3v) is 3.38. The zero-order valence-electron chi connectivity index (χ0n) is 14.5. The lowest BCUT2D eigenvalue weighted by atomic mass is 10.3. The Bertz CT molecular complexity index is 701. The number of benzene rings is 2. The molecule has 1 amide bonds. The van der Waals surface area contributed by atoms with Gasteiger partial charge in [0, 0.05) is 5.69 Å². The lowest BCUT2D eigenvalue weighted by Gasteiger charge is -2.13. The first-order chi connectivity index (χ1) is 12.0. The molecular weight excluding hydrogens is 342 g/mol. The van der Waals surface area contributed by atoms with Crippen molar-refractivity contribution in [1.29, 1.82) is 0 Å². The number of carbonyl (C=O) groups is 1. The topological polar surface area (TPSA) is 56.8 Å². The van der Waals surface area contributed by atoms with E-state index in [2.05, 4.69) is 5.32 Å². The molecule has 0 aliphatic rings. The van der Waals surface area contributed by atoms with Gasteiger partial charge >= 0.3 is 0 Å². The highest BCUT2D eigenvalue weighted by atomic mass is 35.5. The first-order valence-corrected chi connectivity index (χ1v) is 8.47. The lowest BCUT2D eigenvalue weighted by molar-refractivity contribution is -0.118. The third kappa shape index (κ3) is 6.19. The molecule has 5 nitrogen and oxygen atoms in total. The summed E-state index contributed by atoms with van der Waals surface area (Å²) < 4.78 is 16.4. The summed E-state index contributed by atoms with van der Waals surface area (Å²) in [4.78, 5) is 12.0. The molecule has 25 heavy (non-hydrogen) atoms. The molecule has 0 atom stereocenters. The van der Waals surface area contributed by atoms with E-state index >= 15 is 0 Å². The molecule has 0 aliphatic heterocycles. The normalized spacial score (nSPS) is 10.4. The van der Waals surface area contributed by atoms with E-state index in [-0.39, 0.29) is 18.6 Å². The van der Waals surface area contributed by atoms with Crippen LogP contribution < -0.4 is 19.5 Å². The molecule has 0 fully saturated rings. The molecule has 0 aromatic heterocycles. The van der Waals surface area contributed by atoms with Gasteiger partial charge in [0.2, 0.25) is 0 Å². The highest BCUT2D eigenvalue weighted by Gasteiger charge is 2.08. The fourth-order valence-electron chi connectivity index (χ4n) is 2.07. The Balaban J connectivity index is 1.86. The van der Waals surface area contributed by atoms with E-state index in [1.54, 1.807) is 42.5 Å². The number of ether oxygens (including phenoxy) is 3. The van der Waals surface area contributed by atoms with Crippen molar-refractivity contribution in [3.05, 3.63) is 47.5 Å². The van der Waals surface area contributed by atoms with E-state index in [1.807, 2.05) is 20.8 Å². The van der Waals surface area contributed by atoms with Gasteiger partial charge in [0.15, 0.2) is 6.61 Å². The summed E-state index contributed by atoms with van der Waals surface area (Å²) in [5, 5.41) is 3.18. The number of nitrogens with one attached hydrogen (secondary N) is 1. The molecule has 2 rings (SSSR count). The van der Waals surface area contributed by atoms with E-state index in [4.69, 9.17) is 25.8 Å². The van der Waals surface area contributed by atoms with Crippen LogP contribution in [0.3, 0.4) is 0 Å². The Labute approximate surface area is 152 Å². The quantitative estimate of drug-likeness (QED) is 0.747. The van der Waals surface area contributed by atoms with Gasteiger partial charge in [0.05, 0.1) is 17.7 Å². The number of carbonyl (C=O) groups excluding carboxylic acids is 1. The zero-order chi connectivity index (χ0) is 18.2. The van der Waals surface area contributed by atoms with Crippen LogP contribution in [0.4, 0.5) is 5.69 Å². The number of rotatable bonds is 8. The SMILES string of the molecule is CCOc1ccc(OCC(=O)Nc2ccc(OC(C)C)c(Cl)c2)cc1. The molecule has 0 unspecified atom stereocenters.